The molecule has 4 aromatic rings. The van der Waals surface area contributed by atoms with E-state index in [0.717, 1.165) is 16.8 Å². The van der Waals surface area contributed by atoms with Crippen molar-refractivity contribution >= 4 is 40.7 Å². The number of fused-ring (bicyclic) bond motifs is 2. The van der Waals surface area contributed by atoms with Crippen molar-refractivity contribution in [1.29, 1.82) is 0 Å². The van der Waals surface area contributed by atoms with Crippen molar-refractivity contribution in [3.05, 3.63) is 118 Å². The Labute approximate surface area is 223 Å². The fraction of sp³-hybridized carbons (Fsp3) is 0.138. The van der Waals surface area contributed by atoms with E-state index in [9.17, 15) is 14.4 Å². The number of hydrogen-bond donors (Lipinski definition) is 1. The van der Waals surface area contributed by atoms with Gasteiger partial charge in [-0.25, -0.2) is 0 Å². The Morgan fingerprint density at radius 3 is 2.47 bits per heavy atom. The first-order valence-electron chi connectivity index (χ1n) is 12.1. The van der Waals surface area contributed by atoms with Gasteiger partial charge in [0.25, 0.3) is 11.8 Å². The lowest BCUT2D eigenvalue weighted by Gasteiger charge is -2.29. The number of benzene rings is 2. The minimum atomic E-state index is -0.788. The molecule has 6 rings (SSSR count). The Kier molecular flexibility index (Phi) is 6.09. The van der Waals surface area contributed by atoms with Gasteiger partial charge in [-0.15, -0.1) is 0 Å². The third-order valence-corrected chi connectivity index (χ3v) is 7.04. The van der Waals surface area contributed by atoms with E-state index in [2.05, 4.69) is 15.3 Å². The monoisotopic (exact) mass is 523 g/mol. The number of pyridine rings is 2. The van der Waals surface area contributed by atoms with E-state index < -0.39 is 6.04 Å². The maximum atomic E-state index is 13.8. The van der Waals surface area contributed by atoms with Gasteiger partial charge in [0, 0.05) is 47.3 Å². The van der Waals surface area contributed by atoms with Gasteiger partial charge in [0.15, 0.2) is 0 Å². The van der Waals surface area contributed by atoms with Gasteiger partial charge in [-0.2, -0.15) is 0 Å². The van der Waals surface area contributed by atoms with Crippen LogP contribution in [0.4, 0.5) is 11.4 Å². The number of carbonyl (C=O) groups excluding carboxylic acids is 3. The number of hydrogen-bond acceptors (Lipinski definition) is 5. The van der Waals surface area contributed by atoms with Crippen molar-refractivity contribution in [3.63, 3.8) is 0 Å². The van der Waals surface area contributed by atoms with Crippen LogP contribution in [0.25, 0.3) is 0 Å². The third kappa shape index (κ3) is 4.39. The Morgan fingerprint density at radius 1 is 0.895 bits per heavy atom. The summed E-state index contributed by atoms with van der Waals surface area (Å²) < 4.78 is 0. The van der Waals surface area contributed by atoms with Crippen LogP contribution < -0.4 is 10.2 Å². The second kappa shape index (κ2) is 9.72. The van der Waals surface area contributed by atoms with Gasteiger partial charge in [-0.05, 0) is 54.1 Å². The quantitative estimate of drug-likeness (QED) is 0.415. The average Bonchev–Trinajstić information content (AvgIpc) is 3.23. The highest BCUT2D eigenvalue weighted by Crippen LogP contribution is 2.30. The van der Waals surface area contributed by atoms with Gasteiger partial charge in [0.2, 0.25) is 5.91 Å². The van der Waals surface area contributed by atoms with Crippen molar-refractivity contribution < 1.29 is 14.4 Å². The molecule has 188 valence electrons. The highest BCUT2D eigenvalue weighted by atomic mass is 35.5. The molecule has 0 saturated carbocycles. The molecule has 2 aliphatic heterocycles. The third-order valence-electron chi connectivity index (χ3n) is 6.81. The summed E-state index contributed by atoms with van der Waals surface area (Å²) in [6.07, 6.45) is 3.54. The molecule has 0 fully saturated rings. The van der Waals surface area contributed by atoms with Crippen LogP contribution >= 0.6 is 11.6 Å². The van der Waals surface area contributed by atoms with Crippen molar-refractivity contribution in [2.45, 2.75) is 25.6 Å². The Morgan fingerprint density at radius 2 is 1.71 bits per heavy atom. The topological polar surface area (TPSA) is 95.5 Å². The van der Waals surface area contributed by atoms with Crippen LogP contribution in [0, 0.1) is 0 Å². The fourth-order valence-corrected chi connectivity index (χ4v) is 5.05. The number of anilines is 2. The summed E-state index contributed by atoms with van der Waals surface area (Å²) >= 11 is 6.15. The molecule has 1 N–H and O–H groups in total. The zero-order valence-corrected chi connectivity index (χ0v) is 20.9. The van der Waals surface area contributed by atoms with Crippen LogP contribution in [-0.2, 0) is 24.3 Å². The maximum Gasteiger partial charge on any atom is 0.277 e. The van der Waals surface area contributed by atoms with Crippen LogP contribution in [0.5, 0.6) is 0 Å². The number of nitrogens with one attached hydrogen (secondary N) is 1. The van der Waals surface area contributed by atoms with Crippen molar-refractivity contribution in [2.75, 3.05) is 10.2 Å². The second-order valence-electron chi connectivity index (χ2n) is 9.22. The van der Waals surface area contributed by atoms with Crippen LogP contribution in [0.2, 0.25) is 5.02 Å². The number of aromatic nitrogens is 2. The zero-order chi connectivity index (χ0) is 26.2. The van der Waals surface area contributed by atoms with E-state index in [4.69, 9.17) is 11.6 Å². The molecule has 2 aromatic carbocycles. The molecule has 2 aromatic heterocycles. The number of amides is 3. The first-order valence-corrected chi connectivity index (χ1v) is 12.5. The summed E-state index contributed by atoms with van der Waals surface area (Å²) in [6.45, 7) is 0.652. The van der Waals surface area contributed by atoms with Gasteiger partial charge >= 0.3 is 0 Å². The van der Waals surface area contributed by atoms with Gasteiger partial charge in [0.05, 0.1) is 17.8 Å². The molecule has 2 aliphatic rings. The molecular weight excluding hydrogens is 502 g/mol. The van der Waals surface area contributed by atoms with Crippen LogP contribution in [0.1, 0.15) is 37.7 Å². The normalized spacial score (nSPS) is 16.7. The molecule has 8 nitrogen and oxygen atoms in total. The zero-order valence-electron chi connectivity index (χ0n) is 20.2. The summed E-state index contributed by atoms with van der Waals surface area (Å²) in [7, 11) is 0. The number of carbonyl (C=O) groups is 3. The summed E-state index contributed by atoms with van der Waals surface area (Å²) in [6, 6.07) is 20.7. The van der Waals surface area contributed by atoms with Crippen LogP contribution in [-0.4, -0.2) is 38.6 Å². The Hall–Kier alpha value is -4.56. The van der Waals surface area contributed by atoms with Crippen molar-refractivity contribution in [3.8, 4) is 0 Å². The average molecular weight is 524 g/mol. The number of nitrogens with zero attached hydrogens (tertiary/aromatic N) is 4. The number of halogens is 1. The van der Waals surface area contributed by atoms with E-state index in [1.54, 1.807) is 46.5 Å². The molecule has 38 heavy (non-hydrogen) atoms. The molecule has 1 atom stereocenters. The predicted octanol–water partition coefficient (Wildman–Crippen LogP) is 4.50. The summed E-state index contributed by atoms with van der Waals surface area (Å²) in [4.78, 5) is 51.8. The van der Waals surface area contributed by atoms with Crippen LogP contribution in [0.15, 0.2) is 85.2 Å². The summed E-state index contributed by atoms with van der Waals surface area (Å²) in [5, 5.41) is 3.30. The molecule has 9 heteroatoms. The number of rotatable bonds is 5. The lowest BCUT2D eigenvalue weighted by Crippen LogP contribution is -2.46. The van der Waals surface area contributed by atoms with E-state index >= 15 is 0 Å². The standard InChI is InChI=1S/C29H22ClN5O3/c30-20-8-11-23-24(14-20)33-27(36)25(15-21-5-1-2-12-31-21)35(28(23)37)16-18-6-9-22(10-7-18)34-17-19-4-3-13-32-26(19)29(34)38/h1-14,25H,15-17H2,(H,33,36). The first kappa shape index (κ1) is 23.8. The largest absolute Gasteiger partial charge is 0.323 e. The molecule has 0 saturated heterocycles. The van der Waals surface area contributed by atoms with E-state index in [1.807, 2.05) is 48.5 Å². The highest BCUT2D eigenvalue weighted by molar-refractivity contribution is 6.31. The molecular formula is C29H22ClN5O3. The van der Waals surface area contributed by atoms with Gasteiger partial charge in [0.1, 0.15) is 11.7 Å². The van der Waals surface area contributed by atoms with Crippen LogP contribution in [0.3, 0.4) is 0 Å². The maximum absolute atomic E-state index is 13.8. The lowest BCUT2D eigenvalue weighted by molar-refractivity contribution is -0.120. The van der Waals surface area contributed by atoms with Crippen molar-refractivity contribution in [2.24, 2.45) is 0 Å². The minimum absolute atomic E-state index is 0.140. The fourth-order valence-electron chi connectivity index (χ4n) is 4.88. The Bertz CT molecular complexity index is 1560. The minimum Gasteiger partial charge on any atom is -0.323 e. The Balaban J connectivity index is 1.30. The molecule has 0 radical (unpaired) electrons. The van der Waals surface area contributed by atoms with E-state index in [0.29, 0.717) is 34.2 Å². The molecule has 0 aliphatic carbocycles. The smallest absolute Gasteiger partial charge is 0.277 e. The summed E-state index contributed by atoms with van der Waals surface area (Å²) in [5.41, 5.74) is 4.37. The molecule has 4 heterocycles. The predicted molar refractivity (Wildman–Crippen MR) is 143 cm³/mol. The SMILES string of the molecule is O=C1Nc2cc(Cl)ccc2C(=O)N(Cc2ccc(N3Cc4cccnc4C3=O)cc2)C1Cc1ccccn1. The summed E-state index contributed by atoms with van der Waals surface area (Å²) in [5.74, 6) is -0.732. The van der Waals surface area contributed by atoms with E-state index in [-0.39, 0.29) is 30.7 Å². The molecule has 1 unspecified atom stereocenters. The first-order chi connectivity index (χ1) is 18.5. The highest BCUT2D eigenvalue weighted by Gasteiger charge is 2.36. The second-order valence-corrected chi connectivity index (χ2v) is 9.66. The van der Waals surface area contributed by atoms with Gasteiger partial charge in [-0.3, -0.25) is 24.4 Å². The molecule has 3 amide bonds. The van der Waals surface area contributed by atoms with E-state index in [1.165, 1.54) is 0 Å². The van der Waals surface area contributed by atoms with Gasteiger partial charge < -0.3 is 15.1 Å². The molecule has 0 bridgehead atoms. The van der Waals surface area contributed by atoms with Crippen molar-refractivity contribution in [1.82, 2.24) is 14.9 Å². The molecule has 0 spiro atoms. The lowest BCUT2D eigenvalue weighted by atomic mass is 10.1. The van der Waals surface area contributed by atoms with Gasteiger partial charge in [-0.1, -0.05) is 35.9 Å².